The van der Waals surface area contributed by atoms with Crippen LogP contribution in [0.4, 0.5) is 4.39 Å². The number of Topliss-reactive ketones (excluding diaryl/α,β-unsaturated/α-hetero) is 1. The van der Waals surface area contributed by atoms with E-state index in [-0.39, 0.29) is 16.4 Å². The van der Waals surface area contributed by atoms with Gasteiger partial charge in [0.1, 0.15) is 23.2 Å². The van der Waals surface area contributed by atoms with Gasteiger partial charge in [0.2, 0.25) is 0 Å². The number of esters is 1. The minimum atomic E-state index is -1.00. The number of ketones is 1. The smallest absolute Gasteiger partial charge is 0.323 e. The Morgan fingerprint density at radius 1 is 1.18 bits per heavy atom. The molecule has 2 heterocycles. The second-order valence-electron chi connectivity index (χ2n) is 9.10. The fourth-order valence-corrected chi connectivity index (χ4v) is 4.51. The Balaban J connectivity index is 1.73. The first-order valence-electron chi connectivity index (χ1n) is 11.1. The molecule has 0 unspecified atom stereocenters. The molecule has 2 aliphatic heterocycles. The molecular formula is C25H26ClFN2O5. The van der Waals surface area contributed by atoms with Gasteiger partial charge >= 0.3 is 5.97 Å². The van der Waals surface area contributed by atoms with Crippen molar-refractivity contribution < 1.29 is 28.2 Å². The number of carbonyl (C=O) groups excluding carboxylic acids is 3. The predicted octanol–water partition coefficient (Wildman–Crippen LogP) is 3.99. The SMILES string of the molecule is CC(=O)c1ccc2c(c1)[C@H](NC(=O)c1ccc(F)c(Cl)c1)[C@H](OC(=O)[C@@H]1CCCN1)C(C)(C)O2. The summed E-state index contributed by atoms with van der Waals surface area (Å²) in [5.74, 6) is -1.31. The molecule has 0 radical (unpaired) electrons. The number of carbonyl (C=O) groups is 3. The predicted molar refractivity (Wildman–Crippen MR) is 124 cm³/mol. The highest BCUT2D eigenvalue weighted by atomic mass is 35.5. The molecule has 2 N–H and O–H groups in total. The standard InChI is InChI=1S/C25H26ClFN2O5/c1-13(30)14-7-9-20-16(11-14)21(29-23(31)15-6-8-18(27)17(26)12-15)22(25(2,3)34-20)33-24(32)19-5-4-10-28-19/h6-9,11-12,19,21-22,28H,4-5,10H2,1-3H3,(H,29,31)/t19-,21-,22-/m0/s1. The quantitative estimate of drug-likeness (QED) is 0.488. The van der Waals surface area contributed by atoms with Crippen molar-refractivity contribution in [3.63, 3.8) is 0 Å². The molecule has 2 aromatic carbocycles. The van der Waals surface area contributed by atoms with Crippen LogP contribution in [-0.2, 0) is 9.53 Å². The largest absolute Gasteiger partial charge is 0.484 e. The molecule has 0 aromatic heterocycles. The van der Waals surface area contributed by atoms with Gasteiger partial charge in [-0.15, -0.1) is 0 Å². The van der Waals surface area contributed by atoms with Gasteiger partial charge in [-0.2, -0.15) is 0 Å². The van der Waals surface area contributed by atoms with Crippen LogP contribution in [0, 0.1) is 5.82 Å². The number of rotatable bonds is 5. The Bertz CT molecular complexity index is 1150. The molecule has 0 aliphatic carbocycles. The highest BCUT2D eigenvalue weighted by Gasteiger charge is 2.48. The molecule has 2 aromatic rings. The van der Waals surface area contributed by atoms with Crippen molar-refractivity contribution in [2.24, 2.45) is 0 Å². The number of hydrogen-bond donors (Lipinski definition) is 2. The van der Waals surface area contributed by atoms with Crippen LogP contribution in [0.2, 0.25) is 5.02 Å². The van der Waals surface area contributed by atoms with Gasteiger partial charge in [-0.05, 0) is 76.6 Å². The van der Waals surface area contributed by atoms with Gasteiger partial charge in [0.05, 0.1) is 11.1 Å². The molecule has 0 bridgehead atoms. The number of halogens is 2. The van der Waals surface area contributed by atoms with Gasteiger partial charge in [0, 0.05) is 16.7 Å². The minimum absolute atomic E-state index is 0.141. The number of nitrogens with one attached hydrogen (secondary N) is 2. The van der Waals surface area contributed by atoms with Gasteiger partial charge in [-0.1, -0.05) is 11.6 Å². The van der Waals surface area contributed by atoms with Crippen LogP contribution in [0.1, 0.15) is 65.9 Å². The number of hydrogen-bond acceptors (Lipinski definition) is 6. The Morgan fingerprint density at radius 2 is 1.91 bits per heavy atom. The Hall–Kier alpha value is -2.97. The summed E-state index contributed by atoms with van der Waals surface area (Å²) in [4.78, 5) is 38.1. The second-order valence-corrected chi connectivity index (χ2v) is 9.51. The summed E-state index contributed by atoms with van der Waals surface area (Å²) in [6, 6.07) is 7.32. The highest BCUT2D eigenvalue weighted by molar-refractivity contribution is 6.31. The third-order valence-corrected chi connectivity index (χ3v) is 6.46. The number of benzene rings is 2. The van der Waals surface area contributed by atoms with Crippen LogP contribution in [0.3, 0.4) is 0 Å². The van der Waals surface area contributed by atoms with E-state index in [0.717, 1.165) is 19.0 Å². The summed E-state index contributed by atoms with van der Waals surface area (Å²) < 4.78 is 25.7. The molecule has 180 valence electrons. The lowest BCUT2D eigenvalue weighted by Crippen LogP contribution is -2.56. The average molecular weight is 489 g/mol. The number of fused-ring (bicyclic) bond motifs is 1. The summed E-state index contributed by atoms with van der Waals surface area (Å²) >= 11 is 5.86. The summed E-state index contributed by atoms with van der Waals surface area (Å²) in [6.07, 6.45) is 0.612. The van der Waals surface area contributed by atoms with E-state index in [2.05, 4.69) is 10.6 Å². The third-order valence-electron chi connectivity index (χ3n) is 6.17. The molecule has 1 fully saturated rings. The van der Waals surface area contributed by atoms with E-state index >= 15 is 0 Å². The van der Waals surface area contributed by atoms with Crippen LogP contribution < -0.4 is 15.4 Å². The second kappa shape index (κ2) is 9.35. The van der Waals surface area contributed by atoms with E-state index < -0.39 is 41.5 Å². The van der Waals surface area contributed by atoms with Crippen molar-refractivity contribution in [2.45, 2.75) is 57.4 Å². The summed E-state index contributed by atoms with van der Waals surface area (Å²) in [6.45, 7) is 5.69. The summed E-state index contributed by atoms with van der Waals surface area (Å²) in [5, 5.41) is 5.82. The normalized spacial score (nSPS) is 22.9. The zero-order valence-corrected chi connectivity index (χ0v) is 19.9. The van der Waals surface area contributed by atoms with Crippen molar-refractivity contribution in [1.82, 2.24) is 10.6 Å². The van der Waals surface area contributed by atoms with Crippen LogP contribution in [-0.4, -0.2) is 42.0 Å². The van der Waals surface area contributed by atoms with Gasteiger partial charge in [-0.25, -0.2) is 4.39 Å². The molecule has 9 heteroatoms. The van der Waals surface area contributed by atoms with E-state index in [1.807, 2.05) is 0 Å². The highest BCUT2D eigenvalue weighted by Crippen LogP contribution is 2.42. The molecule has 34 heavy (non-hydrogen) atoms. The van der Waals surface area contributed by atoms with Gasteiger partial charge in [0.15, 0.2) is 11.9 Å². The monoisotopic (exact) mass is 488 g/mol. The van der Waals surface area contributed by atoms with Gasteiger partial charge in [-0.3, -0.25) is 14.4 Å². The van der Waals surface area contributed by atoms with E-state index in [0.29, 0.717) is 23.3 Å². The molecule has 3 atom stereocenters. The summed E-state index contributed by atoms with van der Waals surface area (Å²) in [5.41, 5.74) is 0.0687. The molecule has 0 saturated carbocycles. The Morgan fingerprint density at radius 3 is 2.56 bits per heavy atom. The van der Waals surface area contributed by atoms with E-state index in [4.69, 9.17) is 21.1 Å². The molecule has 0 spiro atoms. The average Bonchev–Trinajstić information content (AvgIpc) is 3.32. The maximum atomic E-state index is 13.6. The van der Waals surface area contributed by atoms with Crippen molar-refractivity contribution in [1.29, 1.82) is 0 Å². The molecular weight excluding hydrogens is 463 g/mol. The third kappa shape index (κ3) is 4.79. The van der Waals surface area contributed by atoms with Crippen LogP contribution in [0.5, 0.6) is 5.75 Å². The summed E-state index contributed by atoms with van der Waals surface area (Å²) in [7, 11) is 0. The van der Waals surface area contributed by atoms with Gasteiger partial charge < -0.3 is 20.1 Å². The minimum Gasteiger partial charge on any atom is -0.484 e. The molecule has 1 amide bonds. The van der Waals surface area contributed by atoms with Crippen molar-refractivity contribution in [3.05, 3.63) is 63.9 Å². The zero-order valence-electron chi connectivity index (χ0n) is 19.1. The van der Waals surface area contributed by atoms with E-state index in [1.165, 1.54) is 19.1 Å². The maximum absolute atomic E-state index is 13.6. The van der Waals surface area contributed by atoms with Gasteiger partial charge in [0.25, 0.3) is 5.91 Å². The Kier molecular flexibility index (Phi) is 6.64. The molecule has 2 aliphatic rings. The number of amides is 1. The first kappa shape index (κ1) is 24.2. The van der Waals surface area contributed by atoms with Crippen molar-refractivity contribution in [2.75, 3.05) is 6.54 Å². The van der Waals surface area contributed by atoms with Crippen molar-refractivity contribution >= 4 is 29.3 Å². The zero-order chi connectivity index (χ0) is 24.6. The lowest BCUT2D eigenvalue weighted by atomic mass is 9.85. The number of ether oxygens (including phenoxy) is 2. The molecule has 1 saturated heterocycles. The fourth-order valence-electron chi connectivity index (χ4n) is 4.33. The lowest BCUT2D eigenvalue weighted by molar-refractivity contribution is -0.167. The Labute approximate surface area is 202 Å². The molecule has 4 rings (SSSR count). The van der Waals surface area contributed by atoms with Crippen LogP contribution in [0.15, 0.2) is 36.4 Å². The lowest BCUT2D eigenvalue weighted by Gasteiger charge is -2.44. The van der Waals surface area contributed by atoms with Crippen LogP contribution in [0.25, 0.3) is 0 Å². The fraction of sp³-hybridized carbons (Fsp3) is 0.400. The van der Waals surface area contributed by atoms with E-state index in [1.54, 1.807) is 32.0 Å². The van der Waals surface area contributed by atoms with Crippen LogP contribution >= 0.6 is 11.6 Å². The first-order valence-corrected chi connectivity index (χ1v) is 11.5. The van der Waals surface area contributed by atoms with Crippen molar-refractivity contribution in [3.8, 4) is 5.75 Å². The first-order chi connectivity index (χ1) is 16.1. The van der Waals surface area contributed by atoms with E-state index in [9.17, 15) is 18.8 Å². The molecule has 7 nitrogen and oxygen atoms in total. The maximum Gasteiger partial charge on any atom is 0.323 e. The topological polar surface area (TPSA) is 93.7 Å².